The van der Waals surface area contributed by atoms with E-state index in [1.807, 2.05) is 0 Å². The van der Waals surface area contributed by atoms with Crippen LogP contribution in [0.1, 0.15) is 39.3 Å². The van der Waals surface area contributed by atoms with Crippen LogP contribution in [0.3, 0.4) is 0 Å². The lowest BCUT2D eigenvalue weighted by molar-refractivity contribution is -0.125. The van der Waals surface area contributed by atoms with Gasteiger partial charge in [0.15, 0.2) is 5.76 Å². The fraction of sp³-hybridized carbons (Fsp3) is 0.318. The van der Waals surface area contributed by atoms with Gasteiger partial charge in [-0.2, -0.15) is 0 Å². The highest BCUT2D eigenvalue weighted by atomic mass is 16.5. The van der Waals surface area contributed by atoms with Crippen molar-refractivity contribution in [2.45, 2.75) is 19.4 Å². The van der Waals surface area contributed by atoms with Gasteiger partial charge in [-0.15, -0.1) is 0 Å². The Morgan fingerprint density at radius 2 is 2.03 bits per heavy atom. The number of anilines is 1. The fourth-order valence-corrected chi connectivity index (χ4v) is 4.10. The molecule has 2 aromatic rings. The molecule has 7 nitrogen and oxygen atoms in total. The maximum Gasteiger partial charge on any atom is 0.337 e. The molecule has 0 radical (unpaired) electrons. The van der Waals surface area contributed by atoms with E-state index in [1.54, 1.807) is 24.3 Å². The summed E-state index contributed by atoms with van der Waals surface area (Å²) in [6.45, 7) is 0.255. The van der Waals surface area contributed by atoms with E-state index in [4.69, 9.17) is 9.15 Å². The monoisotopic (exact) mass is 394 g/mol. The summed E-state index contributed by atoms with van der Waals surface area (Å²) in [6, 6.07) is 8.05. The molecule has 2 amide bonds. The first-order valence-corrected chi connectivity index (χ1v) is 9.56. The largest absolute Gasteiger partial charge is 0.465 e. The molecule has 0 aliphatic heterocycles. The molecule has 2 bridgehead atoms. The van der Waals surface area contributed by atoms with Gasteiger partial charge in [0.05, 0.1) is 18.9 Å². The predicted molar refractivity (Wildman–Crippen MR) is 105 cm³/mol. The number of ether oxygens (including phenoxy) is 1. The number of carbonyl (C=O) groups is 3. The van der Waals surface area contributed by atoms with E-state index in [0.29, 0.717) is 23.1 Å². The summed E-state index contributed by atoms with van der Waals surface area (Å²) in [7, 11) is 1.29. The first kappa shape index (κ1) is 19.0. The van der Waals surface area contributed by atoms with Crippen molar-refractivity contribution in [3.63, 3.8) is 0 Å². The van der Waals surface area contributed by atoms with Crippen LogP contribution in [-0.2, 0) is 16.1 Å². The molecule has 2 aliphatic rings. The van der Waals surface area contributed by atoms with E-state index >= 15 is 0 Å². The van der Waals surface area contributed by atoms with Gasteiger partial charge in [0.1, 0.15) is 0 Å². The molecule has 0 saturated heterocycles. The number of allylic oxidation sites excluding steroid dienone is 2. The van der Waals surface area contributed by atoms with Crippen LogP contribution < -0.4 is 10.6 Å². The summed E-state index contributed by atoms with van der Waals surface area (Å²) in [5.41, 5.74) is 1.40. The Kier molecular flexibility index (Phi) is 5.20. The van der Waals surface area contributed by atoms with E-state index in [1.165, 1.54) is 19.4 Å². The third kappa shape index (κ3) is 4.08. The third-order valence-electron chi connectivity index (χ3n) is 5.50. The van der Waals surface area contributed by atoms with Crippen LogP contribution >= 0.6 is 0 Å². The summed E-state index contributed by atoms with van der Waals surface area (Å²) in [5, 5.41) is 5.67. The second-order valence-electron chi connectivity index (χ2n) is 7.45. The molecule has 1 saturated carbocycles. The van der Waals surface area contributed by atoms with Crippen LogP contribution in [0.15, 0.2) is 53.2 Å². The minimum Gasteiger partial charge on any atom is -0.465 e. The quantitative estimate of drug-likeness (QED) is 0.579. The summed E-state index contributed by atoms with van der Waals surface area (Å²) < 4.78 is 9.89. The zero-order valence-electron chi connectivity index (χ0n) is 16.0. The molecule has 2 aliphatic carbocycles. The average Bonchev–Trinajstić information content (AvgIpc) is 3.49. The normalized spacial score (nSPS) is 21.8. The lowest BCUT2D eigenvalue weighted by Crippen LogP contribution is -2.32. The van der Waals surface area contributed by atoms with Gasteiger partial charge in [0, 0.05) is 18.2 Å². The maximum absolute atomic E-state index is 12.6. The van der Waals surface area contributed by atoms with Crippen molar-refractivity contribution in [1.82, 2.24) is 5.32 Å². The first-order valence-electron chi connectivity index (χ1n) is 9.56. The second-order valence-corrected chi connectivity index (χ2v) is 7.45. The van der Waals surface area contributed by atoms with Crippen molar-refractivity contribution < 1.29 is 23.5 Å². The van der Waals surface area contributed by atoms with E-state index in [-0.39, 0.29) is 29.7 Å². The smallest absolute Gasteiger partial charge is 0.337 e. The standard InChI is InChI=1S/C22H22N2O5/c1-28-22(27)16-8-14(9-17(11-16)24-21(26)19-3-2-6-29-19)12-23-20(25)18-10-13-4-5-15(18)7-13/h2-6,8-9,11,13,15,18H,7,10,12H2,1H3,(H,23,25)(H,24,26)/t13-,15+,18-/m1/s1. The minimum absolute atomic E-state index is 0.00640. The van der Waals surface area contributed by atoms with Crippen LogP contribution in [0.5, 0.6) is 0 Å². The van der Waals surface area contributed by atoms with E-state index in [9.17, 15) is 14.4 Å². The van der Waals surface area contributed by atoms with Gasteiger partial charge in [-0.25, -0.2) is 4.79 Å². The van der Waals surface area contributed by atoms with E-state index in [0.717, 1.165) is 12.8 Å². The zero-order chi connectivity index (χ0) is 20.4. The Morgan fingerprint density at radius 1 is 1.17 bits per heavy atom. The summed E-state index contributed by atoms with van der Waals surface area (Å²) >= 11 is 0. The number of fused-ring (bicyclic) bond motifs is 2. The number of esters is 1. The number of benzene rings is 1. The van der Waals surface area contributed by atoms with E-state index < -0.39 is 11.9 Å². The zero-order valence-corrected chi connectivity index (χ0v) is 16.0. The minimum atomic E-state index is -0.523. The van der Waals surface area contributed by atoms with Crippen LogP contribution in [-0.4, -0.2) is 24.9 Å². The summed E-state index contributed by atoms with van der Waals surface area (Å²) in [6.07, 6.45) is 7.69. The van der Waals surface area contributed by atoms with Crippen molar-refractivity contribution in [2.75, 3.05) is 12.4 Å². The van der Waals surface area contributed by atoms with E-state index in [2.05, 4.69) is 22.8 Å². The SMILES string of the molecule is COC(=O)c1cc(CNC(=O)[C@@H]2C[C@@H]3C=C[C@H]2C3)cc(NC(=O)c2ccco2)c1. The van der Waals surface area contributed by atoms with Gasteiger partial charge < -0.3 is 19.8 Å². The molecule has 7 heteroatoms. The van der Waals surface area contributed by atoms with Crippen LogP contribution in [0.4, 0.5) is 5.69 Å². The Bertz CT molecular complexity index is 964. The third-order valence-corrected chi connectivity index (χ3v) is 5.50. The lowest BCUT2D eigenvalue weighted by Gasteiger charge is -2.18. The fourth-order valence-electron chi connectivity index (χ4n) is 4.10. The number of nitrogens with one attached hydrogen (secondary N) is 2. The Labute approximate surface area is 168 Å². The first-order chi connectivity index (χ1) is 14.0. The van der Waals surface area contributed by atoms with Crippen LogP contribution in [0.2, 0.25) is 0 Å². The highest BCUT2D eigenvalue weighted by Gasteiger charge is 2.39. The Morgan fingerprint density at radius 3 is 2.69 bits per heavy atom. The molecule has 29 heavy (non-hydrogen) atoms. The molecule has 1 aromatic carbocycles. The number of methoxy groups -OCH3 is 1. The molecule has 1 heterocycles. The number of amides is 2. The second kappa shape index (κ2) is 7.95. The topological polar surface area (TPSA) is 97.6 Å². The van der Waals surface area contributed by atoms with Crippen molar-refractivity contribution >= 4 is 23.5 Å². The highest BCUT2D eigenvalue weighted by Crippen LogP contribution is 2.43. The van der Waals surface area contributed by atoms with Gasteiger partial charge in [-0.3, -0.25) is 9.59 Å². The van der Waals surface area contributed by atoms with Gasteiger partial charge in [-0.05, 0) is 60.6 Å². The van der Waals surface area contributed by atoms with Crippen LogP contribution in [0.25, 0.3) is 0 Å². The number of rotatable bonds is 6. The van der Waals surface area contributed by atoms with Gasteiger partial charge >= 0.3 is 5.97 Å². The Hall–Kier alpha value is -3.35. The maximum atomic E-state index is 12.6. The van der Waals surface area contributed by atoms with Crippen molar-refractivity contribution in [3.8, 4) is 0 Å². The van der Waals surface area contributed by atoms with Crippen molar-refractivity contribution in [1.29, 1.82) is 0 Å². The molecule has 0 unspecified atom stereocenters. The number of furan rings is 1. The Balaban J connectivity index is 1.47. The molecular weight excluding hydrogens is 372 g/mol. The highest BCUT2D eigenvalue weighted by molar-refractivity contribution is 6.03. The average molecular weight is 394 g/mol. The van der Waals surface area contributed by atoms with Gasteiger partial charge in [0.25, 0.3) is 5.91 Å². The molecule has 1 aromatic heterocycles. The van der Waals surface area contributed by atoms with Crippen molar-refractivity contribution in [2.24, 2.45) is 17.8 Å². The summed E-state index contributed by atoms with van der Waals surface area (Å²) in [5.74, 6) is 0.0723. The number of hydrogen-bond acceptors (Lipinski definition) is 5. The molecular formula is C22H22N2O5. The lowest BCUT2D eigenvalue weighted by atomic mass is 9.93. The van der Waals surface area contributed by atoms with Gasteiger partial charge in [0.2, 0.25) is 5.91 Å². The molecule has 4 rings (SSSR count). The number of hydrogen-bond donors (Lipinski definition) is 2. The molecule has 150 valence electrons. The number of carbonyl (C=O) groups excluding carboxylic acids is 3. The molecule has 2 N–H and O–H groups in total. The van der Waals surface area contributed by atoms with Gasteiger partial charge in [-0.1, -0.05) is 12.2 Å². The molecule has 3 atom stereocenters. The molecule has 1 fully saturated rings. The van der Waals surface area contributed by atoms with Crippen LogP contribution in [0, 0.1) is 17.8 Å². The predicted octanol–water partition coefficient (Wildman–Crippen LogP) is 3.15. The molecule has 0 spiro atoms. The van der Waals surface area contributed by atoms with Crippen molar-refractivity contribution in [3.05, 3.63) is 65.6 Å². The summed E-state index contributed by atoms with van der Waals surface area (Å²) in [4.78, 5) is 36.9.